The first-order valence-corrected chi connectivity index (χ1v) is 33.7. The Hall–Kier alpha value is -0.640. The summed E-state index contributed by atoms with van der Waals surface area (Å²) in [6.07, 6.45) is 54.8. The largest absolute Gasteiger partial charge is 0.396 e. The number of allylic oxidation sites excluding steroid dienone is 2. The van der Waals surface area contributed by atoms with Gasteiger partial charge >= 0.3 is 0 Å². The van der Waals surface area contributed by atoms with Gasteiger partial charge in [-0.2, -0.15) is 0 Å². The molecule has 3 atom stereocenters. The molecule has 0 spiro atoms. The summed E-state index contributed by atoms with van der Waals surface area (Å²) in [5, 5.41) is 8.47. The smallest absolute Gasteiger partial charge is 0.0688 e. The Morgan fingerprint density at radius 1 is 0.479 bits per heavy atom. The molecule has 3 nitrogen and oxygen atoms in total. The monoisotopic (exact) mass is 1040 g/mol. The minimum Gasteiger partial charge on any atom is -0.396 e. The SMILES string of the molecule is C=C.CC.CC.CC.CCCCCCCCC1(OC(CC)CCCCC)CC1.CCCCCCCCCO.CCCCN(C)CCCCCCCCC(C)=C1CC1.CCCC[C@@H](C)CC.CCCC[C@@H](C)CC. The summed E-state index contributed by atoms with van der Waals surface area (Å²) in [7, 11) is 2.27. The lowest BCUT2D eigenvalue weighted by atomic mass is 10.0. The minimum atomic E-state index is 0.317. The van der Waals surface area contributed by atoms with Crippen LogP contribution in [0.1, 0.15) is 381 Å². The van der Waals surface area contributed by atoms with Crippen LogP contribution in [0.5, 0.6) is 0 Å². The number of ether oxygens (including phenoxy) is 1. The fourth-order valence-electron chi connectivity index (χ4n) is 8.38. The van der Waals surface area contributed by atoms with Gasteiger partial charge < -0.3 is 14.7 Å². The summed E-state index contributed by atoms with van der Waals surface area (Å²) in [6.45, 7) is 48.3. The maximum Gasteiger partial charge on any atom is 0.0688 e. The predicted molar refractivity (Wildman–Crippen MR) is 344 cm³/mol. The highest BCUT2D eigenvalue weighted by Crippen LogP contribution is 2.45. The van der Waals surface area contributed by atoms with Crippen molar-refractivity contribution in [1.82, 2.24) is 4.90 Å². The molecule has 3 heteroatoms. The highest BCUT2D eigenvalue weighted by molar-refractivity contribution is 5.23. The van der Waals surface area contributed by atoms with Crippen LogP contribution in [0.25, 0.3) is 0 Å². The van der Waals surface area contributed by atoms with Crippen molar-refractivity contribution in [3.05, 3.63) is 24.3 Å². The Bertz CT molecular complexity index is 898. The number of aliphatic hydroxyl groups excluding tert-OH is 1. The standard InChI is InChI=1S/C19H38O.C18H35N.C9H20O.2C8H18.3C2H6.C2H4/c1-4-7-9-10-11-13-15-19(16-17-19)20-18(6-3)14-12-8-5-2;1-4-5-15-19(3)16-11-9-7-6-8-10-12-17(2)18-13-14-18;1-2-3-4-5-6-7-8-9-10;2*1-4-6-7-8(3)5-2;4*1-2/h18H,4-17H2,1-3H3;4-16H2,1-3H3;10H,2-9H2,1H3;2*8H,4-7H2,1-3H3;3*1-2H3;1-2H2/t;;;2*8-;;;;/m...00..../s1. The molecular weight excluding hydrogens is 887 g/mol. The molecule has 0 aliphatic heterocycles. The maximum atomic E-state index is 8.47. The zero-order valence-corrected chi connectivity index (χ0v) is 55.4. The molecule has 0 bridgehead atoms. The van der Waals surface area contributed by atoms with Crippen molar-refractivity contribution in [2.24, 2.45) is 11.8 Å². The number of unbranched alkanes of at least 4 members (excludes halogenated alkanes) is 21. The molecule has 1 unspecified atom stereocenters. The normalized spacial score (nSPS) is 13.4. The van der Waals surface area contributed by atoms with Gasteiger partial charge in [0, 0.05) is 6.61 Å². The number of rotatable bonds is 41. The van der Waals surface area contributed by atoms with E-state index < -0.39 is 0 Å². The zero-order chi connectivity index (χ0) is 57.1. The lowest BCUT2D eigenvalue weighted by Crippen LogP contribution is -2.23. The second kappa shape index (κ2) is 77.9. The van der Waals surface area contributed by atoms with Crippen LogP contribution in [0.4, 0.5) is 0 Å². The van der Waals surface area contributed by atoms with E-state index in [1.165, 1.54) is 264 Å². The maximum absolute atomic E-state index is 8.47. The predicted octanol–water partition coefficient (Wildman–Crippen LogP) is 25.3. The molecular formula is C70H151NO2. The molecule has 0 heterocycles. The molecule has 0 aromatic heterocycles. The Balaban J connectivity index is -0.000000151. The molecule has 1 N–H and O–H groups in total. The number of aliphatic hydroxyl groups is 1. The molecule has 73 heavy (non-hydrogen) atoms. The Morgan fingerprint density at radius 3 is 1.23 bits per heavy atom. The van der Waals surface area contributed by atoms with E-state index >= 15 is 0 Å². The van der Waals surface area contributed by atoms with Gasteiger partial charge in [-0.15, -0.1) is 13.2 Å². The summed E-state index contributed by atoms with van der Waals surface area (Å²) < 4.78 is 6.47. The lowest BCUT2D eigenvalue weighted by Gasteiger charge is -2.24. The van der Waals surface area contributed by atoms with Crippen LogP contribution in [0, 0.1) is 11.8 Å². The fraction of sp³-hybridized carbons (Fsp3) is 0.943. The van der Waals surface area contributed by atoms with Crippen LogP contribution in [0.2, 0.25) is 0 Å². The summed E-state index contributed by atoms with van der Waals surface area (Å²) in [4.78, 5) is 2.49. The second-order valence-electron chi connectivity index (χ2n) is 21.4. The summed E-state index contributed by atoms with van der Waals surface area (Å²) in [5.74, 6) is 1.91. The molecule has 0 amide bonds. The van der Waals surface area contributed by atoms with E-state index in [4.69, 9.17) is 9.84 Å². The van der Waals surface area contributed by atoms with Gasteiger partial charge in [0.15, 0.2) is 0 Å². The van der Waals surface area contributed by atoms with Gasteiger partial charge in [-0.05, 0) is 116 Å². The van der Waals surface area contributed by atoms with Gasteiger partial charge in [-0.25, -0.2) is 0 Å². The van der Waals surface area contributed by atoms with Crippen molar-refractivity contribution >= 4 is 0 Å². The van der Waals surface area contributed by atoms with E-state index in [9.17, 15) is 0 Å². The Morgan fingerprint density at radius 2 is 0.849 bits per heavy atom. The summed E-state index contributed by atoms with van der Waals surface area (Å²) >= 11 is 0. The average Bonchev–Trinajstić information content (AvgIpc) is 4.40. The quantitative estimate of drug-likeness (QED) is 0.0489. The molecule has 2 rings (SSSR count). The van der Waals surface area contributed by atoms with Crippen molar-refractivity contribution in [3.63, 3.8) is 0 Å². The van der Waals surface area contributed by atoms with Gasteiger partial charge in [0.1, 0.15) is 0 Å². The lowest BCUT2D eigenvalue weighted by molar-refractivity contribution is -0.0418. The number of nitrogens with zero attached hydrogens (tertiary/aromatic N) is 1. The Kier molecular flexibility index (Phi) is 92.0. The topological polar surface area (TPSA) is 32.7 Å². The number of hydrogen-bond acceptors (Lipinski definition) is 3. The third-order valence-electron chi connectivity index (χ3n) is 14.4. The summed E-state index contributed by atoms with van der Waals surface area (Å²) in [5.41, 5.74) is 3.78. The number of hydrogen-bond donors (Lipinski definition) is 1. The van der Waals surface area contributed by atoms with Gasteiger partial charge in [-0.1, -0.05) is 309 Å². The van der Waals surface area contributed by atoms with Gasteiger partial charge in [0.2, 0.25) is 0 Å². The first-order chi connectivity index (χ1) is 35.5. The molecule has 2 aliphatic carbocycles. The highest BCUT2D eigenvalue weighted by atomic mass is 16.5. The molecule has 0 aromatic rings. The minimum absolute atomic E-state index is 0.317. The van der Waals surface area contributed by atoms with Crippen LogP contribution in [-0.2, 0) is 4.74 Å². The van der Waals surface area contributed by atoms with Crippen molar-refractivity contribution in [1.29, 1.82) is 0 Å². The average molecular weight is 1040 g/mol. The van der Waals surface area contributed by atoms with E-state index in [0.717, 1.165) is 18.3 Å². The van der Waals surface area contributed by atoms with Crippen LogP contribution in [-0.4, -0.2) is 48.5 Å². The molecule has 0 saturated heterocycles. The van der Waals surface area contributed by atoms with Crippen LogP contribution < -0.4 is 0 Å². The Labute approximate surface area is 468 Å². The molecule has 0 aromatic carbocycles. The summed E-state index contributed by atoms with van der Waals surface area (Å²) in [6, 6.07) is 0. The second-order valence-corrected chi connectivity index (χ2v) is 21.4. The first-order valence-electron chi connectivity index (χ1n) is 33.7. The van der Waals surface area contributed by atoms with Gasteiger partial charge in [0.05, 0.1) is 11.7 Å². The van der Waals surface area contributed by atoms with Crippen LogP contribution >= 0.6 is 0 Å². The molecule has 2 saturated carbocycles. The van der Waals surface area contributed by atoms with Gasteiger partial charge in [0.25, 0.3) is 0 Å². The van der Waals surface area contributed by atoms with Gasteiger partial charge in [-0.3, -0.25) is 0 Å². The third kappa shape index (κ3) is 78.0. The van der Waals surface area contributed by atoms with Crippen molar-refractivity contribution in [2.45, 2.75) is 393 Å². The third-order valence-corrected chi connectivity index (χ3v) is 14.4. The van der Waals surface area contributed by atoms with Crippen molar-refractivity contribution in [3.8, 4) is 0 Å². The van der Waals surface area contributed by atoms with Crippen LogP contribution in [0.3, 0.4) is 0 Å². The van der Waals surface area contributed by atoms with E-state index in [1.807, 2.05) is 41.5 Å². The molecule has 2 fully saturated rings. The first kappa shape index (κ1) is 86.3. The van der Waals surface area contributed by atoms with Crippen molar-refractivity contribution < 1.29 is 9.84 Å². The van der Waals surface area contributed by atoms with Crippen LogP contribution in [0.15, 0.2) is 24.3 Å². The van der Waals surface area contributed by atoms with E-state index in [0.29, 0.717) is 18.3 Å². The fourth-order valence-corrected chi connectivity index (χ4v) is 8.38. The van der Waals surface area contributed by atoms with E-state index in [1.54, 1.807) is 11.1 Å². The molecule has 0 radical (unpaired) electrons. The van der Waals surface area contributed by atoms with E-state index in [-0.39, 0.29) is 0 Å². The highest BCUT2D eigenvalue weighted by Gasteiger charge is 2.44. The molecule has 448 valence electrons. The molecule has 2 aliphatic rings. The van der Waals surface area contributed by atoms with Crippen molar-refractivity contribution in [2.75, 3.05) is 26.7 Å². The van der Waals surface area contributed by atoms with E-state index in [2.05, 4.69) is 108 Å². The zero-order valence-electron chi connectivity index (χ0n) is 55.4.